The van der Waals surface area contributed by atoms with Crippen LogP contribution in [0.2, 0.25) is 0 Å². The van der Waals surface area contributed by atoms with Crippen LogP contribution in [0.4, 0.5) is 0 Å². The summed E-state index contributed by atoms with van der Waals surface area (Å²) in [5.41, 5.74) is 0. The van der Waals surface area contributed by atoms with E-state index >= 15 is 0 Å². The lowest BCUT2D eigenvalue weighted by Crippen LogP contribution is -2.31. The third-order valence-corrected chi connectivity index (χ3v) is 4.07. The van der Waals surface area contributed by atoms with Crippen LogP contribution in [0.25, 0.3) is 0 Å². The first-order chi connectivity index (χ1) is 7.52. The van der Waals surface area contributed by atoms with Crippen LogP contribution in [-0.2, 0) is 4.74 Å². The largest absolute Gasteiger partial charge is 0.375 e. The minimum absolute atomic E-state index is 0.443. The van der Waals surface area contributed by atoms with Gasteiger partial charge in [0.05, 0.1) is 12.2 Å². The van der Waals surface area contributed by atoms with Crippen LogP contribution in [0.15, 0.2) is 0 Å². The molecule has 96 valence electrons. The lowest BCUT2D eigenvalue weighted by molar-refractivity contribution is -0.0440. The molecule has 1 rings (SSSR count). The Hall–Kier alpha value is -0.0400. The van der Waals surface area contributed by atoms with E-state index in [1.807, 2.05) is 0 Å². The van der Waals surface area contributed by atoms with E-state index in [4.69, 9.17) is 4.74 Å². The Labute approximate surface area is 102 Å². The Morgan fingerprint density at radius 1 is 1.19 bits per heavy atom. The second-order valence-corrected chi connectivity index (χ2v) is 6.16. The normalized spacial score (nSPS) is 33.0. The topological polar surface area (TPSA) is 9.23 Å². The van der Waals surface area contributed by atoms with Crippen LogP contribution in [-0.4, -0.2) is 12.2 Å². The van der Waals surface area contributed by atoms with Crippen LogP contribution in [0.3, 0.4) is 0 Å². The summed E-state index contributed by atoms with van der Waals surface area (Å²) in [7, 11) is 0. The molecule has 0 aromatic rings. The average Bonchev–Trinajstić information content (AvgIpc) is 2.21. The van der Waals surface area contributed by atoms with E-state index in [1.165, 1.54) is 25.7 Å². The molecule has 0 aromatic carbocycles. The number of ether oxygens (including phenoxy) is 1. The minimum atomic E-state index is 0.443. The molecule has 1 nitrogen and oxygen atoms in total. The van der Waals surface area contributed by atoms with Crippen LogP contribution in [0.5, 0.6) is 0 Å². The highest BCUT2D eigenvalue weighted by Gasteiger charge is 2.28. The average molecular weight is 226 g/mol. The quantitative estimate of drug-likeness (QED) is 0.663. The molecule has 0 spiro atoms. The molecule has 1 aliphatic carbocycles. The summed E-state index contributed by atoms with van der Waals surface area (Å²) in [6.07, 6.45) is 7.46. The standard InChI is InChI=1S/C15H30O/c1-6-13(5)16-15-8-7-14(9-11(2)3)12(4)10-15/h11-15H,6-10H2,1-5H3. The first kappa shape index (κ1) is 14.0. The van der Waals surface area contributed by atoms with Crippen molar-refractivity contribution in [2.75, 3.05) is 0 Å². The molecule has 0 aromatic heterocycles. The van der Waals surface area contributed by atoms with Gasteiger partial charge in [-0.15, -0.1) is 0 Å². The second-order valence-electron chi connectivity index (χ2n) is 6.16. The van der Waals surface area contributed by atoms with Gasteiger partial charge in [0.15, 0.2) is 0 Å². The van der Waals surface area contributed by atoms with Gasteiger partial charge >= 0.3 is 0 Å². The first-order valence-electron chi connectivity index (χ1n) is 7.18. The van der Waals surface area contributed by atoms with Gasteiger partial charge in [0.25, 0.3) is 0 Å². The Morgan fingerprint density at radius 2 is 1.88 bits per heavy atom. The molecule has 16 heavy (non-hydrogen) atoms. The highest BCUT2D eigenvalue weighted by atomic mass is 16.5. The third kappa shape index (κ3) is 4.45. The maximum atomic E-state index is 6.06. The highest BCUT2D eigenvalue weighted by Crippen LogP contribution is 2.35. The molecule has 0 heterocycles. The van der Waals surface area contributed by atoms with Crippen molar-refractivity contribution >= 4 is 0 Å². The molecule has 4 unspecified atom stereocenters. The van der Waals surface area contributed by atoms with E-state index < -0.39 is 0 Å². The zero-order valence-corrected chi connectivity index (χ0v) is 11.8. The van der Waals surface area contributed by atoms with Crippen LogP contribution < -0.4 is 0 Å². The van der Waals surface area contributed by atoms with Crippen molar-refractivity contribution in [2.24, 2.45) is 17.8 Å². The molecule has 1 saturated carbocycles. The van der Waals surface area contributed by atoms with Gasteiger partial charge < -0.3 is 4.74 Å². The highest BCUT2D eigenvalue weighted by molar-refractivity contribution is 4.79. The van der Waals surface area contributed by atoms with Crippen molar-refractivity contribution < 1.29 is 4.74 Å². The van der Waals surface area contributed by atoms with E-state index in [0.717, 1.165) is 24.2 Å². The smallest absolute Gasteiger partial charge is 0.0581 e. The molecule has 0 radical (unpaired) electrons. The summed E-state index contributed by atoms with van der Waals surface area (Å²) >= 11 is 0. The van der Waals surface area contributed by atoms with E-state index in [-0.39, 0.29) is 0 Å². The van der Waals surface area contributed by atoms with Gasteiger partial charge in [-0.25, -0.2) is 0 Å². The van der Waals surface area contributed by atoms with E-state index in [0.29, 0.717) is 12.2 Å². The fourth-order valence-electron chi connectivity index (χ4n) is 2.91. The zero-order valence-electron chi connectivity index (χ0n) is 11.8. The van der Waals surface area contributed by atoms with Gasteiger partial charge in [-0.05, 0) is 56.8 Å². The number of hydrogen-bond acceptors (Lipinski definition) is 1. The summed E-state index contributed by atoms with van der Waals surface area (Å²) in [5, 5.41) is 0. The van der Waals surface area contributed by atoms with Gasteiger partial charge in [0.2, 0.25) is 0 Å². The first-order valence-corrected chi connectivity index (χ1v) is 7.18. The molecule has 4 atom stereocenters. The molecule has 0 saturated heterocycles. The molecule has 1 fully saturated rings. The zero-order chi connectivity index (χ0) is 12.1. The second kappa shape index (κ2) is 6.64. The summed E-state index contributed by atoms with van der Waals surface area (Å²) in [5.74, 6) is 2.64. The van der Waals surface area contributed by atoms with Gasteiger partial charge in [0, 0.05) is 0 Å². The van der Waals surface area contributed by atoms with Gasteiger partial charge in [0.1, 0.15) is 0 Å². The predicted molar refractivity (Wildman–Crippen MR) is 70.6 cm³/mol. The van der Waals surface area contributed by atoms with Gasteiger partial charge in [-0.2, -0.15) is 0 Å². The Morgan fingerprint density at radius 3 is 2.38 bits per heavy atom. The molecule has 1 aliphatic rings. The molecule has 0 aliphatic heterocycles. The monoisotopic (exact) mass is 226 g/mol. The van der Waals surface area contributed by atoms with Crippen molar-refractivity contribution in [3.8, 4) is 0 Å². The van der Waals surface area contributed by atoms with Crippen LogP contribution >= 0.6 is 0 Å². The fourth-order valence-corrected chi connectivity index (χ4v) is 2.91. The van der Waals surface area contributed by atoms with Crippen molar-refractivity contribution in [3.05, 3.63) is 0 Å². The summed E-state index contributed by atoms with van der Waals surface area (Å²) < 4.78 is 6.06. The molecular formula is C15H30O. The molecule has 1 heteroatoms. The lowest BCUT2D eigenvalue weighted by Gasteiger charge is -2.36. The summed E-state index contributed by atoms with van der Waals surface area (Å²) in [6, 6.07) is 0. The lowest BCUT2D eigenvalue weighted by atomic mass is 9.75. The van der Waals surface area contributed by atoms with Crippen molar-refractivity contribution in [3.63, 3.8) is 0 Å². The Bertz CT molecular complexity index is 188. The van der Waals surface area contributed by atoms with Crippen LogP contribution in [0.1, 0.15) is 66.7 Å². The molecule has 0 amide bonds. The Balaban J connectivity index is 2.33. The summed E-state index contributed by atoms with van der Waals surface area (Å²) in [4.78, 5) is 0. The van der Waals surface area contributed by atoms with Crippen molar-refractivity contribution in [1.82, 2.24) is 0 Å². The maximum absolute atomic E-state index is 6.06. The number of rotatable bonds is 5. The van der Waals surface area contributed by atoms with E-state index in [2.05, 4.69) is 34.6 Å². The molecule has 0 bridgehead atoms. The SMILES string of the molecule is CCC(C)OC1CCC(CC(C)C)C(C)C1. The number of hydrogen-bond donors (Lipinski definition) is 0. The fraction of sp³-hybridized carbons (Fsp3) is 1.00. The van der Waals surface area contributed by atoms with E-state index in [9.17, 15) is 0 Å². The van der Waals surface area contributed by atoms with E-state index in [1.54, 1.807) is 0 Å². The van der Waals surface area contributed by atoms with Crippen LogP contribution in [0, 0.1) is 17.8 Å². The Kier molecular flexibility index (Phi) is 5.82. The predicted octanol–water partition coefficient (Wildman–Crippen LogP) is 4.65. The summed E-state index contributed by atoms with van der Waals surface area (Å²) in [6.45, 7) is 11.5. The van der Waals surface area contributed by atoms with Gasteiger partial charge in [-0.3, -0.25) is 0 Å². The van der Waals surface area contributed by atoms with Gasteiger partial charge in [-0.1, -0.05) is 27.7 Å². The maximum Gasteiger partial charge on any atom is 0.0581 e. The van der Waals surface area contributed by atoms with Crippen molar-refractivity contribution in [1.29, 1.82) is 0 Å². The van der Waals surface area contributed by atoms with Crippen molar-refractivity contribution in [2.45, 2.75) is 78.9 Å². The third-order valence-electron chi connectivity index (χ3n) is 4.07. The molecular weight excluding hydrogens is 196 g/mol. The molecule has 0 N–H and O–H groups in total. The minimum Gasteiger partial charge on any atom is -0.375 e.